The first-order chi connectivity index (χ1) is 10.8. The van der Waals surface area contributed by atoms with E-state index in [0.717, 1.165) is 12.0 Å². The van der Waals surface area contributed by atoms with Gasteiger partial charge in [0.2, 0.25) is 0 Å². The molecule has 0 aliphatic rings. The molecule has 0 bridgehead atoms. The van der Waals surface area contributed by atoms with Crippen LogP contribution in [0, 0.1) is 12.3 Å². The Kier molecular flexibility index (Phi) is 11.4. The smallest absolute Gasteiger partial charge is 0.0609 e. The largest absolute Gasteiger partial charge is 0.300 e. The lowest BCUT2D eigenvalue weighted by atomic mass is 10.0. The first-order valence-corrected chi connectivity index (χ1v) is 8.12. The van der Waals surface area contributed by atoms with Gasteiger partial charge >= 0.3 is 0 Å². The second-order valence-electron chi connectivity index (χ2n) is 4.31. The number of rotatable bonds is 4. The van der Waals surface area contributed by atoms with Gasteiger partial charge in [-0.15, -0.1) is 0 Å². The summed E-state index contributed by atoms with van der Waals surface area (Å²) in [5.74, 6) is 0. The Morgan fingerprint density at radius 3 is 2.00 bits per heavy atom. The van der Waals surface area contributed by atoms with Crippen molar-refractivity contribution in [3.05, 3.63) is 83.4 Å². The summed E-state index contributed by atoms with van der Waals surface area (Å²) in [7, 11) is 0. The van der Waals surface area contributed by atoms with Gasteiger partial charge in [0.1, 0.15) is 0 Å². The summed E-state index contributed by atoms with van der Waals surface area (Å²) in [5, 5.41) is 7.96. The molecule has 0 radical (unpaired) electrons. The molecule has 1 N–H and O–H groups in total. The maximum absolute atomic E-state index is 7.96. The standard InChI is InChI=1S/C17H17N.2C2H6/c1-14-8-5-6-9-15(14)12-7-13-17(18)16-10-3-2-4-11-16;2*1-2/h2-11,13,18H,12H2,1H3;2*1-2H3/b13-7-,18-17?;;. The van der Waals surface area contributed by atoms with Crippen LogP contribution in [0.15, 0.2) is 66.7 Å². The van der Waals surface area contributed by atoms with Crippen molar-refractivity contribution in [1.82, 2.24) is 0 Å². The molecule has 0 aliphatic carbocycles. The first-order valence-electron chi connectivity index (χ1n) is 8.12. The predicted octanol–water partition coefficient (Wildman–Crippen LogP) is 6.21. The summed E-state index contributed by atoms with van der Waals surface area (Å²) >= 11 is 0. The van der Waals surface area contributed by atoms with Crippen LogP contribution in [-0.2, 0) is 6.42 Å². The average molecular weight is 295 g/mol. The van der Waals surface area contributed by atoms with Gasteiger partial charge in [-0.1, -0.05) is 88.4 Å². The molecule has 118 valence electrons. The lowest BCUT2D eigenvalue weighted by molar-refractivity contribution is 1.21. The number of benzene rings is 2. The molecular weight excluding hydrogens is 266 g/mol. The predicted molar refractivity (Wildman–Crippen MR) is 100.0 cm³/mol. The molecule has 0 heterocycles. The number of nitrogens with one attached hydrogen (secondary N) is 1. The van der Waals surface area contributed by atoms with Crippen LogP contribution < -0.4 is 0 Å². The van der Waals surface area contributed by atoms with Crippen LogP contribution in [-0.4, -0.2) is 5.71 Å². The van der Waals surface area contributed by atoms with Gasteiger partial charge in [-0.25, -0.2) is 0 Å². The van der Waals surface area contributed by atoms with Crippen molar-refractivity contribution in [2.75, 3.05) is 0 Å². The summed E-state index contributed by atoms with van der Waals surface area (Å²) in [6.07, 6.45) is 4.81. The third-order valence-corrected chi connectivity index (χ3v) is 2.97. The van der Waals surface area contributed by atoms with Crippen LogP contribution in [0.2, 0.25) is 0 Å². The fraction of sp³-hybridized carbons (Fsp3) is 0.286. The molecule has 1 nitrogen and oxygen atoms in total. The zero-order valence-corrected chi connectivity index (χ0v) is 14.6. The van der Waals surface area contributed by atoms with Crippen LogP contribution in [0.1, 0.15) is 44.4 Å². The molecule has 0 amide bonds. The number of hydrogen-bond donors (Lipinski definition) is 1. The van der Waals surface area contributed by atoms with Gasteiger partial charge in [0.25, 0.3) is 0 Å². The molecule has 0 aromatic heterocycles. The highest BCUT2D eigenvalue weighted by atomic mass is 14.4. The Labute approximate surface area is 136 Å². The van der Waals surface area contributed by atoms with Gasteiger partial charge in [0, 0.05) is 0 Å². The highest BCUT2D eigenvalue weighted by Gasteiger charge is 1.96. The van der Waals surface area contributed by atoms with E-state index in [-0.39, 0.29) is 0 Å². The molecule has 0 fully saturated rings. The van der Waals surface area contributed by atoms with E-state index >= 15 is 0 Å². The molecule has 2 aromatic rings. The maximum atomic E-state index is 7.96. The van der Waals surface area contributed by atoms with Gasteiger partial charge < -0.3 is 5.41 Å². The summed E-state index contributed by atoms with van der Waals surface area (Å²) in [6.45, 7) is 10.1. The fourth-order valence-electron chi connectivity index (χ4n) is 1.86. The van der Waals surface area contributed by atoms with Crippen molar-refractivity contribution in [2.45, 2.75) is 41.0 Å². The van der Waals surface area contributed by atoms with Crippen molar-refractivity contribution in [1.29, 1.82) is 5.41 Å². The van der Waals surface area contributed by atoms with Crippen molar-refractivity contribution >= 4 is 5.71 Å². The minimum Gasteiger partial charge on any atom is -0.300 e. The monoisotopic (exact) mass is 295 g/mol. The van der Waals surface area contributed by atoms with E-state index in [1.807, 2.05) is 64.1 Å². The minimum atomic E-state index is 0.559. The van der Waals surface area contributed by atoms with Crippen molar-refractivity contribution < 1.29 is 0 Å². The van der Waals surface area contributed by atoms with Gasteiger partial charge in [-0.3, -0.25) is 0 Å². The number of aryl methyl sites for hydroxylation is 1. The van der Waals surface area contributed by atoms with E-state index in [4.69, 9.17) is 5.41 Å². The highest BCUT2D eigenvalue weighted by Crippen LogP contribution is 2.08. The maximum Gasteiger partial charge on any atom is 0.0609 e. The normalized spacial score (nSPS) is 9.32. The summed E-state index contributed by atoms with van der Waals surface area (Å²) in [6, 6.07) is 18.2. The Balaban J connectivity index is 0.00000102. The molecule has 22 heavy (non-hydrogen) atoms. The molecule has 1 heteroatoms. The zero-order valence-electron chi connectivity index (χ0n) is 14.6. The molecule has 0 saturated heterocycles. The van der Waals surface area contributed by atoms with E-state index in [2.05, 4.69) is 37.3 Å². The van der Waals surface area contributed by atoms with Crippen LogP contribution in [0.3, 0.4) is 0 Å². The van der Waals surface area contributed by atoms with Crippen LogP contribution in [0.4, 0.5) is 0 Å². The topological polar surface area (TPSA) is 23.9 Å². The van der Waals surface area contributed by atoms with E-state index < -0.39 is 0 Å². The Morgan fingerprint density at radius 2 is 1.41 bits per heavy atom. The van der Waals surface area contributed by atoms with Crippen LogP contribution >= 0.6 is 0 Å². The fourth-order valence-corrected chi connectivity index (χ4v) is 1.86. The molecule has 0 spiro atoms. The van der Waals surface area contributed by atoms with Gasteiger partial charge in [0.15, 0.2) is 0 Å². The molecule has 0 unspecified atom stereocenters. The van der Waals surface area contributed by atoms with Crippen LogP contribution in [0.5, 0.6) is 0 Å². The van der Waals surface area contributed by atoms with Crippen LogP contribution in [0.25, 0.3) is 0 Å². The average Bonchev–Trinajstić information content (AvgIpc) is 2.61. The molecule has 2 rings (SSSR count). The second kappa shape index (κ2) is 12.6. The van der Waals surface area contributed by atoms with Gasteiger partial charge in [-0.05, 0) is 36.1 Å². The first kappa shape index (κ1) is 19.9. The summed E-state index contributed by atoms with van der Waals surface area (Å²) < 4.78 is 0. The number of hydrogen-bond acceptors (Lipinski definition) is 1. The second-order valence-corrected chi connectivity index (χ2v) is 4.31. The van der Waals surface area contributed by atoms with E-state index in [1.54, 1.807) is 0 Å². The van der Waals surface area contributed by atoms with Gasteiger partial charge in [-0.2, -0.15) is 0 Å². The SMILES string of the molecule is CC.CC.Cc1ccccc1C/C=C\C(=N)c1ccccc1. The lowest BCUT2D eigenvalue weighted by Crippen LogP contribution is -1.94. The van der Waals surface area contributed by atoms with E-state index in [9.17, 15) is 0 Å². The van der Waals surface area contributed by atoms with Crippen molar-refractivity contribution in [3.8, 4) is 0 Å². The van der Waals surface area contributed by atoms with E-state index in [0.29, 0.717) is 5.71 Å². The quantitative estimate of drug-likeness (QED) is 0.648. The lowest BCUT2D eigenvalue weighted by Gasteiger charge is -2.01. The minimum absolute atomic E-state index is 0.559. The third-order valence-electron chi connectivity index (χ3n) is 2.97. The Hall–Kier alpha value is -2.15. The van der Waals surface area contributed by atoms with Crippen molar-refractivity contribution in [2.24, 2.45) is 0 Å². The Morgan fingerprint density at radius 1 is 0.864 bits per heavy atom. The summed E-state index contributed by atoms with van der Waals surface area (Å²) in [5.41, 5.74) is 4.13. The molecule has 0 aliphatic heterocycles. The molecule has 0 saturated carbocycles. The number of allylic oxidation sites excluding steroid dienone is 2. The molecular formula is C21H29N. The van der Waals surface area contributed by atoms with Gasteiger partial charge in [0.05, 0.1) is 5.71 Å². The van der Waals surface area contributed by atoms with Crippen molar-refractivity contribution in [3.63, 3.8) is 0 Å². The molecule has 0 atom stereocenters. The van der Waals surface area contributed by atoms with E-state index in [1.165, 1.54) is 11.1 Å². The zero-order chi connectivity index (χ0) is 16.8. The Bertz CT molecular complexity index is 553. The third kappa shape index (κ3) is 7.03. The highest BCUT2D eigenvalue weighted by molar-refractivity contribution is 6.06. The molecule has 2 aromatic carbocycles. The summed E-state index contributed by atoms with van der Waals surface area (Å²) in [4.78, 5) is 0.